The van der Waals surface area contributed by atoms with Crippen LogP contribution in [0.4, 0.5) is 0 Å². The lowest BCUT2D eigenvalue weighted by Crippen LogP contribution is -2.47. The Balaban J connectivity index is 1.93. The summed E-state index contributed by atoms with van der Waals surface area (Å²) in [6, 6.07) is 4.06. The molecule has 2 aromatic rings. The molecule has 0 bridgehead atoms. The number of hydrogen-bond donors (Lipinski definition) is 1. The lowest BCUT2D eigenvalue weighted by molar-refractivity contribution is 0.240. The first kappa shape index (κ1) is 12.6. The van der Waals surface area contributed by atoms with Gasteiger partial charge < -0.3 is 9.88 Å². The average molecular weight is 258 g/mol. The number of fused-ring (bicyclic) bond motifs is 1. The minimum Gasteiger partial charge on any atom is -0.330 e. The fourth-order valence-electron chi connectivity index (χ4n) is 3.28. The predicted molar refractivity (Wildman–Crippen MR) is 77.1 cm³/mol. The highest BCUT2D eigenvalue weighted by atomic mass is 15.1. The van der Waals surface area contributed by atoms with Crippen molar-refractivity contribution in [1.82, 2.24) is 19.9 Å². The highest BCUT2D eigenvalue weighted by Crippen LogP contribution is 2.31. The lowest BCUT2D eigenvalue weighted by atomic mass is 9.79. The van der Waals surface area contributed by atoms with Crippen molar-refractivity contribution in [2.24, 2.45) is 7.05 Å². The lowest BCUT2D eigenvalue weighted by Gasteiger charge is -2.37. The van der Waals surface area contributed by atoms with Crippen molar-refractivity contribution in [1.29, 1.82) is 0 Å². The average Bonchev–Trinajstić information content (AvgIpc) is 2.77. The molecule has 2 heterocycles. The second kappa shape index (κ2) is 4.93. The van der Waals surface area contributed by atoms with Gasteiger partial charge in [0.15, 0.2) is 5.65 Å². The van der Waals surface area contributed by atoms with Crippen molar-refractivity contribution in [2.75, 3.05) is 7.05 Å². The SMILES string of the molecule is CNC1(Cc2nc3ncccc3n2C)CCCCC1. The van der Waals surface area contributed by atoms with Crippen molar-refractivity contribution < 1.29 is 0 Å². The zero-order valence-electron chi connectivity index (χ0n) is 11.8. The summed E-state index contributed by atoms with van der Waals surface area (Å²) in [5.41, 5.74) is 2.22. The van der Waals surface area contributed by atoms with Crippen LogP contribution in [0, 0.1) is 0 Å². The van der Waals surface area contributed by atoms with Crippen LogP contribution in [0.15, 0.2) is 18.3 Å². The van der Waals surface area contributed by atoms with Crippen LogP contribution in [0.3, 0.4) is 0 Å². The third-order valence-corrected chi connectivity index (χ3v) is 4.59. The first-order valence-corrected chi connectivity index (χ1v) is 7.19. The third-order valence-electron chi connectivity index (χ3n) is 4.59. The predicted octanol–water partition coefficient (Wildman–Crippen LogP) is 2.43. The van der Waals surface area contributed by atoms with Gasteiger partial charge in [-0.3, -0.25) is 0 Å². The van der Waals surface area contributed by atoms with E-state index in [1.807, 2.05) is 12.3 Å². The maximum Gasteiger partial charge on any atom is 0.177 e. The monoisotopic (exact) mass is 258 g/mol. The number of aromatic nitrogens is 3. The molecule has 2 aromatic heterocycles. The molecule has 4 heteroatoms. The Bertz CT molecular complexity index is 567. The first-order chi connectivity index (χ1) is 9.24. The van der Waals surface area contributed by atoms with Crippen LogP contribution >= 0.6 is 0 Å². The quantitative estimate of drug-likeness (QED) is 0.919. The number of imidazole rings is 1. The number of likely N-dealkylation sites (N-methyl/N-ethyl adjacent to an activating group) is 1. The highest BCUT2D eigenvalue weighted by Gasteiger charge is 2.32. The molecule has 0 radical (unpaired) electrons. The van der Waals surface area contributed by atoms with E-state index in [-0.39, 0.29) is 5.54 Å². The van der Waals surface area contributed by atoms with Crippen LogP contribution in [0.2, 0.25) is 0 Å². The summed E-state index contributed by atoms with van der Waals surface area (Å²) in [6.45, 7) is 0. The van der Waals surface area contributed by atoms with Crippen LogP contribution in [0.1, 0.15) is 37.9 Å². The van der Waals surface area contributed by atoms with Crippen molar-refractivity contribution in [2.45, 2.75) is 44.1 Å². The summed E-state index contributed by atoms with van der Waals surface area (Å²) in [7, 11) is 4.19. The van der Waals surface area contributed by atoms with Crippen LogP contribution < -0.4 is 5.32 Å². The fourth-order valence-corrected chi connectivity index (χ4v) is 3.28. The van der Waals surface area contributed by atoms with Gasteiger partial charge in [0.1, 0.15) is 5.82 Å². The molecule has 102 valence electrons. The molecule has 1 N–H and O–H groups in total. The topological polar surface area (TPSA) is 42.7 Å². The van der Waals surface area contributed by atoms with E-state index in [1.165, 1.54) is 32.1 Å². The van der Waals surface area contributed by atoms with E-state index in [0.29, 0.717) is 0 Å². The highest BCUT2D eigenvalue weighted by molar-refractivity contribution is 5.71. The molecule has 19 heavy (non-hydrogen) atoms. The van der Waals surface area contributed by atoms with Crippen LogP contribution in [0.25, 0.3) is 11.2 Å². The van der Waals surface area contributed by atoms with Gasteiger partial charge in [0, 0.05) is 25.2 Å². The molecule has 3 rings (SSSR count). The Morgan fingerprint density at radius 2 is 2.11 bits per heavy atom. The van der Waals surface area contributed by atoms with Crippen molar-refractivity contribution in [3.63, 3.8) is 0 Å². The number of pyridine rings is 1. The molecule has 1 aliphatic carbocycles. The number of hydrogen-bond acceptors (Lipinski definition) is 3. The van der Waals surface area contributed by atoms with Crippen molar-refractivity contribution >= 4 is 11.2 Å². The molecule has 1 saturated carbocycles. The fraction of sp³-hybridized carbons (Fsp3) is 0.600. The maximum atomic E-state index is 4.71. The van der Waals surface area contributed by atoms with Crippen molar-refractivity contribution in [3.05, 3.63) is 24.2 Å². The molecular weight excluding hydrogens is 236 g/mol. The van der Waals surface area contributed by atoms with Gasteiger partial charge >= 0.3 is 0 Å². The second-order valence-electron chi connectivity index (χ2n) is 5.70. The second-order valence-corrected chi connectivity index (χ2v) is 5.70. The molecule has 0 atom stereocenters. The van der Waals surface area contributed by atoms with Gasteiger partial charge in [-0.25, -0.2) is 9.97 Å². The van der Waals surface area contributed by atoms with Crippen molar-refractivity contribution in [3.8, 4) is 0 Å². The van der Waals surface area contributed by atoms with Crippen LogP contribution in [-0.4, -0.2) is 27.1 Å². The van der Waals surface area contributed by atoms with Crippen LogP contribution in [0.5, 0.6) is 0 Å². The molecule has 1 fully saturated rings. The number of rotatable bonds is 3. The van der Waals surface area contributed by atoms with E-state index < -0.39 is 0 Å². The Labute approximate surface area is 114 Å². The normalized spacial score (nSPS) is 18.8. The molecular formula is C15H22N4. The Hall–Kier alpha value is -1.42. The van der Waals surface area contributed by atoms with E-state index in [2.05, 4.69) is 35.0 Å². The van der Waals surface area contributed by atoms with Gasteiger partial charge in [0.2, 0.25) is 0 Å². The molecule has 4 nitrogen and oxygen atoms in total. The number of aryl methyl sites for hydroxylation is 1. The molecule has 0 unspecified atom stereocenters. The van der Waals surface area contributed by atoms with Gasteiger partial charge in [0.05, 0.1) is 5.52 Å². The minimum atomic E-state index is 0.230. The minimum absolute atomic E-state index is 0.230. The zero-order valence-corrected chi connectivity index (χ0v) is 11.8. The molecule has 0 amide bonds. The smallest absolute Gasteiger partial charge is 0.177 e. The standard InChI is InChI=1S/C15H22N4/c1-16-15(8-4-3-5-9-15)11-13-18-14-12(19(13)2)7-6-10-17-14/h6-7,10,16H,3-5,8-9,11H2,1-2H3. The van der Waals surface area contributed by atoms with Crippen LogP contribution in [-0.2, 0) is 13.5 Å². The Morgan fingerprint density at radius 1 is 1.32 bits per heavy atom. The third kappa shape index (κ3) is 2.25. The zero-order chi connectivity index (χ0) is 13.3. The van der Waals surface area contributed by atoms with E-state index in [1.54, 1.807) is 0 Å². The molecule has 1 aliphatic rings. The van der Waals surface area contributed by atoms with Gasteiger partial charge in [-0.15, -0.1) is 0 Å². The van der Waals surface area contributed by atoms with Gasteiger partial charge in [-0.1, -0.05) is 19.3 Å². The van der Waals surface area contributed by atoms with E-state index in [4.69, 9.17) is 4.98 Å². The van der Waals surface area contributed by atoms with Gasteiger partial charge in [-0.05, 0) is 32.0 Å². The number of nitrogens with one attached hydrogen (secondary N) is 1. The Kier molecular flexibility index (Phi) is 3.27. The molecule has 0 spiro atoms. The van der Waals surface area contributed by atoms with E-state index in [0.717, 1.165) is 23.4 Å². The van der Waals surface area contributed by atoms with Gasteiger partial charge in [-0.2, -0.15) is 0 Å². The Morgan fingerprint density at radius 3 is 2.79 bits per heavy atom. The summed E-state index contributed by atoms with van der Waals surface area (Å²) in [4.78, 5) is 9.06. The summed E-state index contributed by atoms with van der Waals surface area (Å²) < 4.78 is 2.19. The first-order valence-electron chi connectivity index (χ1n) is 7.19. The summed E-state index contributed by atoms with van der Waals surface area (Å²) >= 11 is 0. The van der Waals surface area contributed by atoms with E-state index >= 15 is 0 Å². The summed E-state index contributed by atoms with van der Waals surface area (Å²) in [5.74, 6) is 1.14. The van der Waals surface area contributed by atoms with Gasteiger partial charge in [0.25, 0.3) is 0 Å². The summed E-state index contributed by atoms with van der Waals surface area (Å²) in [6.07, 6.45) is 9.32. The molecule has 0 saturated heterocycles. The van der Waals surface area contributed by atoms with E-state index in [9.17, 15) is 0 Å². The molecule has 0 aromatic carbocycles. The number of nitrogens with zero attached hydrogens (tertiary/aromatic N) is 3. The largest absolute Gasteiger partial charge is 0.330 e. The summed E-state index contributed by atoms with van der Waals surface area (Å²) in [5, 5.41) is 3.56. The maximum absolute atomic E-state index is 4.71. The molecule has 0 aliphatic heterocycles.